The summed E-state index contributed by atoms with van der Waals surface area (Å²) in [5.74, 6) is 0. The van der Waals surface area contributed by atoms with Crippen molar-refractivity contribution in [3.8, 4) is 5.69 Å². The highest BCUT2D eigenvalue weighted by atomic mass is 35.5. The van der Waals surface area contributed by atoms with E-state index >= 15 is 0 Å². The van der Waals surface area contributed by atoms with Gasteiger partial charge in [0.25, 0.3) is 0 Å². The Morgan fingerprint density at radius 2 is 2.25 bits per heavy atom. The van der Waals surface area contributed by atoms with Gasteiger partial charge in [0, 0.05) is 13.0 Å². The van der Waals surface area contributed by atoms with Crippen molar-refractivity contribution in [3.05, 3.63) is 40.7 Å². The minimum atomic E-state index is 0.0697. The van der Waals surface area contributed by atoms with Crippen LogP contribution >= 0.6 is 11.6 Å². The maximum absolute atomic E-state index is 8.80. The minimum Gasteiger partial charge on any atom is -0.396 e. The Labute approximate surface area is 98.5 Å². The van der Waals surface area contributed by atoms with Gasteiger partial charge >= 0.3 is 0 Å². The topological polar surface area (TPSA) is 50.9 Å². The molecule has 4 nitrogen and oxygen atoms in total. The second kappa shape index (κ2) is 4.63. The van der Waals surface area contributed by atoms with Crippen molar-refractivity contribution < 1.29 is 5.11 Å². The zero-order chi connectivity index (χ0) is 11.5. The largest absolute Gasteiger partial charge is 0.396 e. The number of hydrogen-bond donors (Lipinski definition) is 1. The summed E-state index contributed by atoms with van der Waals surface area (Å²) in [6.07, 6.45) is 2.28. The lowest BCUT2D eigenvalue weighted by Crippen LogP contribution is -1.96. The van der Waals surface area contributed by atoms with Crippen LogP contribution in [0.25, 0.3) is 5.69 Å². The zero-order valence-corrected chi connectivity index (χ0v) is 9.65. The van der Waals surface area contributed by atoms with Gasteiger partial charge in [-0.2, -0.15) is 0 Å². The molecule has 84 valence electrons. The fraction of sp³-hybridized carbons (Fsp3) is 0.273. The summed E-state index contributed by atoms with van der Waals surface area (Å²) in [7, 11) is 0. The van der Waals surface area contributed by atoms with Gasteiger partial charge in [-0.25, -0.2) is 4.68 Å². The van der Waals surface area contributed by atoms with Crippen molar-refractivity contribution >= 4 is 11.6 Å². The maximum atomic E-state index is 8.80. The summed E-state index contributed by atoms with van der Waals surface area (Å²) < 4.78 is 1.63. The van der Waals surface area contributed by atoms with Crippen LogP contribution in [0.1, 0.15) is 11.3 Å². The molecule has 1 N–H and O–H groups in total. The van der Waals surface area contributed by atoms with Gasteiger partial charge in [0.2, 0.25) is 0 Å². The first-order valence-electron chi connectivity index (χ1n) is 4.99. The Morgan fingerprint density at radius 1 is 1.44 bits per heavy atom. The third kappa shape index (κ3) is 2.23. The number of halogens is 1. The molecule has 0 saturated heterocycles. The molecule has 0 aliphatic heterocycles. The Hall–Kier alpha value is -1.39. The van der Waals surface area contributed by atoms with Gasteiger partial charge in [0.05, 0.1) is 22.6 Å². The molecule has 0 aliphatic rings. The van der Waals surface area contributed by atoms with Crippen LogP contribution in [-0.2, 0) is 6.42 Å². The summed E-state index contributed by atoms with van der Waals surface area (Å²) in [6, 6.07) is 5.72. The van der Waals surface area contributed by atoms with Gasteiger partial charge in [-0.15, -0.1) is 5.10 Å². The molecule has 0 saturated carbocycles. The molecule has 0 aliphatic carbocycles. The first-order valence-corrected chi connectivity index (χ1v) is 5.37. The SMILES string of the molecule is Cc1ccc(Cl)c(-n2cc(CCO)nn2)c1. The normalized spacial score (nSPS) is 10.7. The van der Waals surface area contributed by atoms with Crippen LogP contribution in [0.5, 0.6) is 0 Å². The molecule has 0 fully saturated rings. The van der Waals surface area contributed by atoms with Gasteiger partial charge < -0.3 is 5.11 Å². The van der Waals surface area contributed by atoms with Crippen LogP contribution in [-0.4, -0.2) is 26.7 Å². The first kappa shape index (κ1) is 11.1. The number of aryl methyl sites for hydroxylation is 1. The lowest BCUT2D eigenvalue weighted by molar-refractivity contribution is 0.298. The van der Waals surface area contributed by atoms with E-state index in [0.29, 0.717) is 11.4 Å². The zero-order valence-electron chi connectivity index (χ0n) is 8.89. The van der Waals surface area contributed by atoms with Gasteiger partial charge in [-0.1, -0.05) is 22.9 Å². The van der Waals surface area contributed by atoms with Crippen molar-refractivity contribution in [2.75, 3.05) is 6.61 Å². The fourth-order valence-electron chi connectivity index (χ4n) is 1.44. The number of aromatic nitrogens is 3. The third-order valence-corrected chi connectivity index (χ3v) is 2.58. The lowest BCUT2D eigenvalue weighted by atomic mass is 10.2. The van der Waals surface area contributed by atoms with Gasteiger partial charge in [-0.3, -0.25) is 0 Å². The standard InChI is InChI=1S/C11H12ClN3O/c1-8-2-3-10(12)11(6-8)15-7-9(4-5-16)13-14-15/h2-3,6-7,16H,4-5H2,1H3. The van der Waals surface area contributed by atoms with E-state index in [1.54, 1.807) is 10.9 Å². The van der Waals surface area contributed by atoms with Crippen LogP contribution in [0.2, 0.25) is 5.02 Å². The van der Waals surface area contributed by atoms with Crippen molar-refractivity contribution in [2.24, 2.45) is 0 Å². The van der Waals surface area contributed by atoms with E-state index in [0.717, 1.165) is 16.9 Å². The van der Waals surface area contributed by atoms with Crippen LogP contribution in [0, 0.1) is 6.92 Å². The Kier molecular flexibility index (Phi) is 3.22. The van der Waals surface area contributed by atoms with E-state index < -0.39 is 0 Å². The summed E-state index contributed by atoms with van der Waals surface area (Å²) in [4.78, 5) is 0. The molecule has 1 aromatic heterocycles. The molecule has 0 bridgehead atoms. The number of rotatable bonds is 3. The highest BCUT2D eigenvalue weighted by Crippen LogP contribution is 2.20. The molecule has 16 heavy (non-hydrogen) atoms. The molecular formula is C11H12ClN3O. The van der Waals surface area contributed by atoms with Crippen molar-refractivity contribution in [1.82, 2.24) is 15.0 Å². The van der Waals surface area contributed by atoms with Crippen molar-refractivity contribution in [2.45, 2.75) is 13.3 Å². The molecule has 0 atom stereocenters. The summed E-state index contributed by atoms with van der Waals surface area (Å²) in [5, 5.41) is 17.4. The smallest absolute Gasteiger partial charge is 0.0854 e. The first-order chi connectivity index (χ1) is 7.70. The summed E-state index contributed by atoms with van der Waals surface area (Å²) in [5.41, 5.74) is 2.66. The van der Waals surface area contributed by atoms with Crippen LogP contribution in [0.4, 0.5) is 0 Å². The predicted octanol–water partition coefficient (Wildman–Crippen LogP) is 1.76. The van der Waals surface area contributed by atoms with E-state index in [9.17, 15) is 0 Å². The molecule has 0 unspecified atom stereocenters. The number of nitrogens with zero attached hydrogens (tertiary/aromatic N) is 3. The summed E-state index contributed by atoms with van der Waals surface area (Å²) >= 11 is 6.08. The third-order valence-electron chi connectivity index (χ3n) is 2.26. The van der Waals surface area contributed by atoms with E-state index in [2.05, 4.69) is 10.3 Å². The van der Waals surface area contributed by atoms with Crippen molar-refractivity contribution in [3.63, 3.8) is 0 Å². The highest BCUT2D eigenvalue weighted by Gasteiger charge is 2.06. The van der Waals surface area contributed by atoms with E-state index in [4.69, 9.17) is 16.7 Å². The van der Waals surface area contributed by atoms with Crippen LogP contribution in [0.3, 0.4) is 0 Å². The number of hydrogen-bond acceptors (Lipinski definition) is 3. The van der Waals surface area contributed by atoms with Crippen LogP contribution in [0.15, 0.2) is 24.4 Å². The van der Waals surface area contributed by atoms with Crippen molar-refractivity contribution in [1.29, 1.82) is 0 Å². The molecule has 5 heteroatoms. The molecule has 0 radical (unpaired) electrons. The lowest BCUT2D eigenvalue weighted by Gasteiger charge is -2.03. The number of benzene rings is 1. The highest BCUT2D eigenvalue weighted by molar-refractivity contribution is 6.32. The average molecular weight is 238 g/mol. The Balaban J connectivity index is 2.38. The molecular weight excluding hydrogens is 226 g/mol. The summed E-state index contributed by atoms with van der Waals surface area (Å²) in [6.45, 7) is 2.06. The molecule has 2 rings (SSSR count). The number of aliphatic hydroxyl groups excluding tert-OH is 1. The quantitative estimate of drug-likeness (QED) is 0.885. The monoisotopic (exact) mass is 237 g/mol. The van der Waals surface area contributed by atoms with E-state index in [1.807, 2.05) is 25.1 Å². The van der Waals surface area contributed by atoms with E-state index in [1.165, 1.54) is 0 Å². The minimum absolute atomic E-state index is 0.0697. The molecule has 0 amide bonds. The van der Waals surface area contributed by atoms with Gasteiger partial charge in [0.1, 0.15) is 0 Å². The van der Waals surface area contributed by atoms with E-state index in [-0.39, 0.29) is 6.61 Å². The predicted molar refractivity (Wildman–Crippen MR) is 61.9 cm³/mol. The molecule has 0 spiro atoms. The molecule has 2 aromatic rings. The molecule has 1 aromatic carbocycles. The van der Waals surface area contributed by atoms with Gasteiger partial charge in [0.15, 0.2) is 0 Å². The second-order valence-electron chi connectivity index (χ2n) is 3.58. The Bertz CT molecular complexity index is 496. The van der Waals surface area contributed by atoms with Gasteiger partial charge in [-0.05, 0) is 24.6 Å². The average Bonchev–Trinajstić information content (AvgIpc) is 2.71. The Morgan fingerprint density at radius 3 is 3.00 bits per heavy atom. The van der Waals surface area contributed by atoms with Crippen LogP contribution < -0.4 is 0 Å². The maximum Gasteiger partial charge on any atom is 0.0854 e. The number of aliphatic hydroxyl groups is 1. The fourth-order valence-corrected chi connectivity index (χ4v) is 1.65. The molecule has 1 heterocycles. The second-order valence-corrected chi connectivity index (χ2v) is 3.99.